The van der Waals surface area contributed by atoms with Gasteiger partial charge in [-0.3, -0.25) is 4.79 Å². The molecular formula is C11H13NO3S. The van der Waals surface area contributed by atoms with Crippen LogP contribution in [0.15, 0.2) is 24.3 Å². The maximum absolute atomic E-state index is 11.3. The SMILES string of the molecule is O=Cc1ccccc1N1CCS(=O)(=O)CC1. The number of hydrogen-bond donors (Lipinski definition) is 0. The molecule has 1 aliphatic heterocycles. The van der Waals surface area contributed by atoms with Crippen LogP contribution in [0.5, 0.6) is 0 Å². The zero-order chi connectivity index (χ0) is 11.6. The molecule has 0 radical (unpaired) electrons. The van der Waals surface area contributed by atoms with Crippen molar-refractivity contribution in [2.45, 2.75) is 0 Å². The van der Waals surface area contributed by atoms with Gasteiger partial charge in [-0.1, -0.05) is 12.1 Å². The molecular weight excluding hydrogens is 226 g/mol. The van der Waals surface area contributed by atoms with Crippen LogP contribution in [0.4, 0.5) is 5.69 Å². The van der Waals surface area contributed by atoms with Gasteiger partial charge in [0, 0.05) is 24.3 Å². The number of carbonyl (C=O) groups is 1. The third kappa shape index (κ3) is 2.24. The third-order valence-corrected chi connectivity index (χ3v) is 4.36. The zero-order valence-corrected chi connectivity index (χ0v) is 9.61. The first kappa shape index (κ1) is 11.1. The van der Waals surface area contributed by atoms with Crippen molar-refractivity contribution in [3.63, 3.8) is 0 Å². The fourth-order valence-corrected chi connectivity index (χ4v) is 3.03. The van der Waals surface area contributed by atoms with Crippen molar-refractivity contribution in [1.29, 1.82) is 0 Å². The Labute approximate surface area is 94.8 Å². The van der Waals surface area contributed by atoms with Gasteiger partial charge in [0.1, 0.15) is 0 Å². The van der Waals surface area contributed by atoms with Gasteiger partial charge in [-0.25, -0.2) is 8.42 Å². The molecule has 1 saturated heterocycles. The van der Waals surface area contributed by atoms with Gasteiger partial charge in [0.15, 0.2) is 16.1 Å². The zero-order valence-electron chi connectivity index (χ0n) is 8.80. The van der Waals surface area contributed by atoms with E-state index in [-0.39, 0.29) is 11.5 Å². The molecule has 2 rings (SSSR count). The maximum Gasteiger partial charge on any atom is 0.153 e. The Balaban J connectivity index is 2.23. The van der Waals surface area contributed by atoms with Crippen LogP contribution in [-0.4, -0.2) is 39.3 Å². The largest absolute Gasteiger partial charge is 0.369 e. The lowest BCUT2D eigenvalue weighted by Crippen LogP contribution is -2.40. The Bertz CT molecular complexity index is 482. The minimum absolute atomic E-state index is 0.167. The fourth-order valence-electron chi connectivity index (χ4n) is 1.83. The predicted octanol–water partition coefficient (Wildman–Crippen LogP) is 0.734. The van der Waals surface area contributed by atoms with Crippen molar-refractivity contribution < 1.29 is 13.2 Å². The number of carbonyl (C=O) groups excluding carboxylic acids is 1. The highest BCUT2D eigenvalue weighted by molar-refractivity contribution is 7.91. The van der Waals surface area contributed by atoms with Gasteiger partial charge in [-0.15, -0.1) is 0 Å². The second-order valence-electron chi connectivity index (χ2n) is 3.82. The smallest absolute Gasteiger partial charge is 0.153 e. The summed E-state index contributed by atoms with van der Waals surface area (Å²) in [4.78, 5) is 12.8. The first-order valence-electron chi connectivity index (χ1n) is 5.12. The second-order valence-corrected chi connectivity index (χ2v) is 6.12. The van der Waals surface area contributed by atoms with Crippen LogP contribution < -0.4 is 4.90 Å². The van der Waals surface area contributed by atoms with E-state index in [0.29, 0.717) is 18.7 Å². The number of rotatable bonds is 2. The molecule has 0 saturated carbocycles. The van der Waals surface area contributed by atoms with Gasteiger partial charge in [0.05, 0.1) is 11.5 Å². The highest BCUT2D eigenvalue weighted by atomic mass is 32.2. The van der Waals surface area contributed by atoms with Gasteiger partial charge < -0.3 is 4.90 Å². The topological polar surface area (TPSA) is 54.5 Å². The first-order chi connectivity index (χ1) is 7.62. The summed E-state index contributed by atoms with van der Waals surface area (Å²) in [6.07, 6.45) is 0.804. The molecule has 0 aromatic heterocycles. The summed E-state index contributed by atoms with van der Waals surface area (Å²) in [6.45, 7) is 0.931. The summed E-state index contributed by atoms with van der Waals surface area (Å²) in [5.41, 5.74) is 1.44. The van der Waals surface area contributed by atoms with E-state index in [1.807, 2.05) is 17.0 Å². The summed E-state index contributed by atoms with van der Waals surface area (Å²) in [5.74, 6) is 0.334. The number of hydrogen-bond acceptors (Lipinski definition) is 4. The summed E-state index contributed by atoms with van der Waals surface area (Å²) < 4.78 is 22.6. The summed E-state index contributed by atoms with van der Waals surface area (Å²) in [7, 11) is -2.87. The molecule has 1 aromatic carbocycles. The van der Waals surface area contributed by atoms with Gasteiger partial charge in [0.2, 0.25) is 0 Å². The Morgan fingerprint density at radius 2 is 1.75 bits per heavy atom. The molecule has 1 aromatic rings. The molecule has 0 N–H and O–H groups in total. The molecule has 0 atom stereocenters. The van der Waals surface area contributed by atoms with Gasteiger partial charge in [0.25, 0.3) is 0 Å². The Kier molecular flexibility index (Phi) is 2.96. The number of nitrogens with zero attached hydrogens (tertiary/aromatic N) is 1. The Morgan fingerprint density at radius 1 is 1.12 bits per heavy atom. The molecule has 0 unspecified atom stereocenters. The van der Waals surface area contributed by atoms with Crippen molar-refractivity contribution in [3.05, 3.63) is 29.8 Å². The molecule has 0 amide bonds. The minimum Gasteiger partial charge on any atom is -0.369 e. The molecule has 0 aliphatic carbocycles. The van der Waals surface area contributed by atoms with Crippen LogP contribution in [0.25, 0.3) is 0 Å². The van der Waals surface area contributed by atoms with Crippen molar-refractivity contribution >= 4 is 21.8 Å². The average molecular weight is 239 g/mol. The summed E-state index contributed by atoms with van der Waals surface area (Å²) >= 11 is 0. The highest BCUT2D eigenvalue weighted by Gasteiger charge is 2.22. The number of anilines is 1. The molecule has 86 valence electrons. The van der Waals surface area contributed by atoms with E-state index in [1.165, 1.54) is 0 Å². The first-order valence-corrected chi connectivity index (χ1v) is 6.94. The normalized spacial score (nSPS) is 19.4. The summed E-state index contributed by atoms with van der Waals surface area (Å²) in [5, 5.41) is 0. The van der Waals surface area contributed by atoms with E-state index >= 15 is 0 Å². The molecule has 1 fully saturated rings. The van der Waals surface area contributed by atoms with E-state index in [0.717, 1.165) is 12.0 Å². The monoisotopic (exact) mass is 239 g/mol. The molecule has 0 bridgehead atoms. The van der Waals surface area contributed by atoms with Gasteiger partial charge in [-0.2, -0.15) is 0 Å². The van der Waals surface area contributed by atoms with Crippen molar-refractivity contribution in [3.8, 4) is 0 Å². The van der Waals surface area contributed by atoms with Crippen molar-refractivity contribution in [1.82, 2.24) is 0 Å². The lowest BCUT2D eigenvalue weighted by atomic mass is 10.2. The minimum atomic E-state index is -2.87. The molecule has 5 heteroatoms. The number of para-hydroxylation sites is 1. The molecule has 0 spiro atoms. The van der Waals surface area contributed by atoms with E-state index in [2.05, 4.69) is 0 Å². The molecule has 16 heavy (non-hydrogen) atoms. The van der Waals surface area contributed by atoms with E-state index in [1.54, 1.807) is 12.1 Å². The fraction of sp³-hybridized carbons (Fsp3) is 0.364. The van der Waals surface area contributed by atoms with Gasteiger partial charge >= 0.3 is 0 Å². The number of benzene rings is 1. The van der Waals surface area contributed by atoms with Crippen LogP contribution in [0.1, 0.15) is 10.4 Å². The standard InChI is InChI=1S/C11H13NO3S/c13-9-10-3-1-2-4-11(10)12-5-7-16(14,15)8-6-12/h1-4,9H,5-8H2. The van der Waals surface area contributed by atoms with E-state index < -0.39 is 9.84 Å². The van der Waals surface area contributed by atoms with Crippen LogP contribution >= 0.6 is 0 Å². The quantitative estimate of drug-likeness (QED) is 0.714. The number of aldehydes is 1. The molecule has 4 nitrogen and oxygen atoms in total. The number of sulfone groups is 1. The maximum atomic E-state index is 11.3. The van der Waals surface area contributed by atoms with Crippen LogP contribution in [0.3, 0.4) is 0 Å². The Morgan fingerprint density at radius 3 is 2.38 bits per heavy atom. The lowest BCUT2D eigenvalue weighted by Gasteiger charge is -2.29. The average Bonchev–Trinajstić information content (AvgIpc) is 2.29. The van der Waals surface area contributed by atoms with E-state index in [4.69, 9.17) is 0 Å². The van der Waals surface area contributed by atoms with Gasteiger partial charge in [-0.05, 0) is 12.1 Å². The van der Waals surface area contributed by atoms with E-state index in [9.17, 15) is 13.2 Å². The van der Waals surface area contributed by atoms with Crippen molar-refractivity contribution in [2.75, 3.05) is 29.5 Å². The molecule has 1 heterocycles. The second kappa shape index (κ2) is 4.25. The predicted molar refractivity (Wildman–Crippen MR) is 62.7 cm³/mol. The van der Waals surface area contributed by atoms with Crippen molar-refractivity contribution in [2.24, 2.45) is 0 Å². The highest BCUT2D eigenvalue weighted by Crippen LogP contribution is 2.20. The lowest BCUT2D eigenvalue weighted by molar-refractivity contribution is 0.112. The van der Waals surface area contributed by atoms with Crippen LogP contribution in [-0.2, 0) is 9.84 Å². The van der Waals surface area contributed by atoms with Crippen LogP contribution in [0, 0.1) is 0 Å². The third-order valence-electron chi connectivity index (χ3n) is 2.75. The Hall–Kier alpha value is -1.36. The molecule has 1 aliphatic rings. The van der Waals surface area contributed by atoms with Crippen LogP contribution in [0.2, 0.25) is 0 Å². The summed E-state index contributed by atoms with van der Waals surface area (Å²) in [6, 6.07) is 7.24.